The summed E-state index contributed by atoms with van der Waals surface area (Å²) in [7, 11) is -3.57. The molecule has 1 aromatic carbocycles. The van der Waals surface area contributed by atoms with Crippen LogP contribution in [0.1, 0.15) is 25.3 Å². The molecule has 3 rings (SSSR count). The zero-order chi connectivity index (χ0) is 16.4. The van der Waals surface area contributed by atoms with Crippen molar-refractivity contribution in [3.63, 3.8) is 0 Å². The summed E-state index contributed by atoms with van der Waals surface area (Å²) in [6.07, 6.45) is 3.83. The Morgan fingerprint density at radius 1 is 1.33 bits per heavy atom. The van der Waals surface area contributed by atoms with Crippen LogP contribution >= 0.6 is 12.4 Å². The van der Waals surface area contributed by atoms with E-state index in [2.05, 4.69) is 15.0 Å². The summed E-state index contributed by atoms with van der Waals surface area (Å²) in [6.45, 7) is 5.77. The number of nitrogens with zero attached hydrogens (tertiary/aromatic N) is 1. The van der Waals surface area contributed by atoms with Gasteiger partial charge in [-0.15, -0.1) is 12.4 Å². The number of fused-ring (bicyclic) bond motifs is 1. The Bertz CT molecular complexity index is 805. The quantitative estimate of drug-likeness (QED) is 0.869. The van der Waals surface area contributed by atoms with E-state index in [4.69, 9.17) is 0 Å². The van der Waals surface area contributed by atoms with E-state index in [-0.39, 0.29) is 18.4 Å². The highest BCUT2D eigenvalue weighted by molar-refractivity contribution is 7.89. The van der Waals surface area contributed by atoms with Crippen molar-refractivity contribution in [2.75, 3.05) is 13.1 Å². The van der Waals surface area contributed by atoms with Gasteiger partial charge in [-0.1, -0.05) is 6.07 Å². The second-order valence-electron chi connectivity index (χ2n) is 6.30. The third-order valence-corrected chi connectivity index (χ3v) is 6.22. The summed E-state index contributed by atoms with van der Waals surface area (Å²) >= 11 is 0. The Morgan fingerprint density at radius 3 is 2.83 bits per heavy atom. The second kappa shape index (κ2) is 7.78. The number of piperidine rings is 1. The number of benzene rings is 1. The summed E-state index contributed by atoms with van der Waals surface area (Å²) in [5, 5.41) is 4.01. The topological polar surface area (TPSA) is 71.1 Å². The van der Waals surface area contributed by atoms with Crippen LogP contribution in [0.15, 0.2) is 35.4 Å². The van der Waals surface area contributed by atoms with E-state index < -0.39 is 10.0 Å². The van der Waals surface area contributed by atoms with Crippen LogP contribution in [0.4, 0.5) is 0 Å². The molecule has 132 valence electrons. The number of nitrogens with one attached hydrogen (secondary N) is 2. The van der Waals surface area contributed by atoms with Crippen LogP contribution in [0.2, 0.25) is 0 Å². The summed E-state index contributed by atoms with van der Waals surface area (Å²) in [5.74, 6) is 0.327. The lowest BCUT2D eigenvalue weighted by Crippen LogP contribution is -2.44. The molecule has 7 heteroatoms. The molecule has 2 aromatic rings. The fraction of sp³-hybridized carbons (Fsp3) is 0.471. The molecule has 1 fully saturated rings. The van der Waals surface area contributed by atoms with Crippen LogP contribution in [-0.2, 0) is 10.0 Å². The first kappa shape index (κ1) is 19.1. The zero-order valence-electron chi connectivity index (χ0n) is 14.0. The molecule has 2 heterocycles. The first-order chi connectivity index (χ1) is 11.0. The lowest BCUT2D eigenvalue weighted by molar-refractivity contribution is 0.320. The molecule has 0 bridgehead atoms. The minimum Gasteiger partial charge on any atom is -0.316 e. The molecule has 0 spiro atoms. The highest BCUT2D eigenvalue weighted by Crippen LogP contribution is 2.25. The van der Waals surface area contributed by atoms with E-state index in [0.717, 1.165) is 37.0 Å². The molecule has 2 N–H and O–H groups in total. The predicted octanol–water partition coefficient (Wildman–Crippen LogP) is 2.63. The zero-order valence-corrected chi connectivity index (χ0v) is 15.6. The van der Waals surface area contributed by atoms with Crippen molar-refractivity contribution in [3.8, 4) is 0 Å². The molecule has 0 radical (unpaired) electrons. The van der Waals surface area contributed by atoms with Gasteiger partial charge in [-0.25, -0.2) is 13.1 Å². The van der Waals surface area contributed by atoms with Gasteiger partial charge >= 0.3 is 0 Å². The number of sulfonamides is 1. The van der Waals surface area contributed by atoms with Gasteiger partial charge in [0.25, 0.3) is 0 Å². The highest BCUT2D eigenvalue weighted by Gasteiger charge is 2.26. The van der Waals surface area contributed by atoms with Crippen LogP contribution in [0.5, 0.6) is 0 Å². The van der Waals surface area contributed by atoms with Gasteiger partial charge in [0.1, 0.15) is 0 Å². The lowest BCUT2D eigenvalue weighted by atomic mass is 9.94. The molecule has 1 aromatic heterocycles. The number of aryl methyl sites for hydroxylation is 1. The van der Waals surface area contributed by atoms with E-state index >= 15 is 0 Å². The average molecular weight is 370 g/mol. The minimum absolute atomic E-state index is 0. The van der Waals surface area contributed by atoms with Crippen molar-refractivity contribution in [1.29, 1.82) is 0 Å². The maximum atomic E-state index is 12.9. The van der Waals surface area contributed by atoms with E-state index in [1.165, 1.54) is 0 Å². The molecular formula is C17H24ClN3O2S. The number of halogens is 1. The molecule has 0 amide bonds. The van der Waals surface area contributed by atoms with Gasteiger partial charge in [0.05, 0.1) is 10.4 Å². The van der Waals surface area contributed by atoms with Crippen molar-refractivity contribution in [2.45, 2.75) is 37.6 Å². The SMILES string of the molecule is Cc1ccc(S(=O)(=O)NC(C)C2CCCNC2)c2cccnc12.Cl. The Hall–Kier alpha value is -1.21. The van der Waals surface area contributed by atoms with Crippen LogP contribution < -0.4 is 10.0 Å². The maximum absolute atomic E-state index is 12.9. The fourth-order valence-electron chi connectivity index (χ4n) is 3.23. The van der Waals surface area contributed by atoms with Gasteiger partial charge in [-0.3, -0.25) is 4.98 Å². The summed E-state index contributed by atoms with van der Waals surface area (Å²) in [6, 6.07) is 6.98. The smallest absolute Gasteiger partial charge is 0.241 e. The normalized spacial score (nSPS) is 19.7. The van der Waals surface area contributed by atoms with Crippen LogP contribution in [0.3, 0.4) is 0 Å². The summed E-state index contributed by atoms with van der Waals surface area (Å²) in [5.41, 5.74) is 1.71. The van der Waals surface area contributed by atoms with Crippen molar-refractivity contribution < 1.29 is 8.42 Å². The van der Waals surface area contributed by atoms with E-state index in [1.807, 2.05) is 26.0 Å². The third-order valence-electron chi connectivity index (χ3n) is 4.60. The van der Waals surface area contributed by atoms with Gasteiger partial charge in [0.15, 0.2) is 0 Å². The number of hydrogen-bond acceptors (Lipinski definition) is 4. The van der Waals surface area contributed by atoms with Crippen molar-refractivity contribution in [1.82, 2.24) is 15.0 Å². The van der Waals surface area contributed by atoms with Crippen LogP contribution in [0.25, 0.3) is 10.9 Å². The molecule has 1 aliphatic rings. The average Bonchev–Trinajstić information content (AvgIpc) is 2.55. The van der Waals surface area contributed by atoms with Crippen molar-refractivity contribution in [2.24, 2.45) is 5.92 Å². The predicted molar refractivity (Wildman–Crippen MR) is 99.1 cm³/mol. The second-order valence-corrected chi connectivity index (χ2v) is 7.98. The van der Waals surface area contributed by atoms with Crippen molar-refractivity contribution >= 4 is 33.3 Å². The van der Waals surface area contributed by atoms with Gasteiger partial charge < -0.3 is 5.32 Å². The van der Waals surface area contributed by atoms with E-state index in [1.54, 1.807) is 18.3 Å². The first-order valence-corrected chi connectivity index (χ1v) is 9.55. The molecule has 0 aliphatic carbocycles. The van der Waals surface area contributed by atoms with Gasteiger partial charge in [0.2, 0.25) is 10.0 Å². The number of aromatic nitrogens is 1. The Kier molecular flexibility index (Phi) is 6.20. The fourth-order valence-corrected chi connectivity index (χ4v) is 4.74. The Morgan fingerprint density at radius 2 is 2.12 bits per heavy atom. The molecule has 1 saturated heterocycles. The Labute approximate surface area is 149 Å². The largest absolute Gasteiger partial charge is 0.316 e. The molecule has 5 nitrogen and oxygen atoms in total. The number of rotatable bonds is 4. The third kappa shape index (κ3) is 3.88. The standard InChI is InChI=1S/C17H23N3O2S.ClH/c1-12-7-8-16(15-6-4-10-19-17(12)15)23(21,22)20-13(2)14-5-3-9-18-11-14;/h4,6-8,10,13-14,18,20H,3,5,9,11H2,1-2H3;1H. The lowest BCUT2D eigenvalue weighted by Gasteiger charge is -2.28. The van der Waals surface area contributed by atoms with Gasteiger partial charge in [-0.2, -0.15) is 0 Å². The Balaban J connectivity index is 0.00000208. The van der Waals surface area contributed by atoms with E-state index in [9.17, 15) is 8.42 Å². The molecule has 0 saturated carbocycles. The van der Waals surface area contributed by atoms with Gasteiger partial charge in [0, 0.05) is 17.6 Å². The summed E-state index contributed by atoms with van der Waals surface area (Å²) in [4.78, 5) is 4.63. The van der Waals surface area contributed by atoms with E-state index in [0.29, 0.717) is 16.2 Å². The van der Waals surface area contributed by atoms with Crippen LogP contribution in [-0.4, -0.2) is 32.5 Å². The van der Waals surface area contributed by atoms with Gasteiger partial charge in [-0.05, 0) is 69.5 Å². The van der Waals surface area contributed by atoms with Crippen molar-refractivity contribution in [3.05, 3.63) is 36.0 Å². The number of hydrogen-bond donors (Lipinski definition) is 2. The van der Waals surface area contributed by atoms with Crippen LogP contribution in [0, 0.1) is 12.8 Å². The summed E-state index contributed by atoms with van der Waals surface area (Å²) < 4.78 is 28.6. The first-order valence-electron chi connectivity index (χ1n) is 8.06. The maximum Gasteiger partial charge on any atom is 0.241 e. The molecule has 24 heavy (non-hydrogen) atoms. The molecular weight excluding hydrogens is 346 g/mol. The monoisotopic (exact) mass is 369 g/mol. The highest BCUT2D eigenvalue weighted by atomic mass is 35.5. The molecule has 2 atom stereocenters. The number of pyridine rings is 1. The molecule has 1 aliphatic heterocycles. The molecule has 2 unspecified atom stereocenters. The minimum atomic E-state index is -3.57.